The van der Waals surface area contributed by atoms with Crippen molar-refractivity contribution < 1.29 is 18.0 Å². The molecule has 3 nitrogen and oxygen atoms in total. The molecule has 0 radical (unpaired) electrons. The largest absolute Gasteiger partial charge is 0.404 e. The normalized spacial score (nSPS) is 23.5. The van der Waals surface area contributed by atoms with Gasteiger partial charge in [0.2, 0.25) is 5.91 Å². The Morgan fingerprint density at radius 1 is 1.53 bits per heavy atom. The van der Waals surface area contributed by atoms with Crippen molar-refractivity contribution in [2.24, 2.45) is 5.41 Å². The molecule has 1 atom stereocenters. The summed E-state index contributed by atoms with van der Waals surface area (Å²) in [6.07, 6.45) is -4.14. The van der Waals surface area contributed by atoms with Crippen LogP contribution in [0.4, 0.5) is 13.2 Å². The van der Waals surface area contributed by atoms with Crippen LogP contribution < -0.4 is 10.6 Å². The fraction of sp³-hybridized carbons (Fsp3) is 0.583. The van der Waals surface area contributed by atoms with E-state index >= 15 is 0 Å². The van der Waals surface area contributed by atoms with E-state index in [0.29, 0.717) is 6.42 Å². The van der Waals surface area contributed by atoms with E-state index in [9.17, 15) is 18.0 Å². The molecule has 0 spiro atoms. The second kappa shape index (κ2) is 5.50. The zero-order valence-corrected chi connectivity index (χ0v) is 11.0. The van der Waals surface area contributed by atoms with Gasteiger partial charge in [0.1, 0.15) is 0 Å². The van der Waals surface area contributed by atoms with E-state index in [-0.39, 0.29) is 26.1 Å². The number of amides is 1. The molecule has 2 heterocycles. The monoisotopic (exact) mass is 292 g/mol. The van der Waals surface area contributed by atoms with Crippen LogP contribution in [0.1, 0.15) is 11.3 Å². The van der Waals surface area contributed by atoms with E-state index in [1.807, 2.05) is 17.5 Å². The van der Waals surface area contributed by atoms with Crippen molar-refractivity contribution in [3.05, 3.63) is 22.4 Å². The second-order valence-corrected chi connectivity index (χ2v) is 5.62. The zero-order valence-electron chi connectivity index (χ0n) is 10.2. The fourth-order valence-corrected chi connectivity index (χ4v) is 2.89. The number of alkyl halides is 3. The number of nitrogens with one attached hydrogen (secondary N) is 2. The minimum Gasteiger partial charge on any atom is -0.355 e. The molecule has 19 heavy (non-hydrogen) atoms. The summed E-state index contributed by atoms with van der Waals surface area (Å²) in [5, 5.41) is 6.94. The van der Waals surface area contributed by atoms with E-state index in [0.717, 1.165) is 4.88 Å². The smallest absolute Gasteiger partial charge is 0.355 e. The lowest BCUT2D eigenvalue weighted by Gasteiger charge is -2.29. The van der Waals surface area contributed by atoms with Crippen LogP contribution in [0.3, 0.4) is 0 Å². The average molecular weight is 292 g/mol. The number of carbonyl (C=O) groups is 1. The maximum absolute atomic E-state index is 13.1. The highest BCUT2D eigenvalue weighted by molar-refractivity contribution is 7.09. The summed E-state index contributed by atoms with van der Waals surface area (Å²) in [6.45, 7) is 0.121. The summed E-state index contributed by atoms with van der Waals surface area (Å²) in [5.74, 6) is -0.915. The molecule has 7 heteroatoms. The van der Waals surface area contributed by atoms with Crippen LogP contribution in [0.15, 0.2) is 17.5 Å². The minimum absolute atomic E-state index is 0.193. The van der Waals surface area contributed by atoms with Crippen molar-refractivity contribution in [3.63, 3.8) is 0 Å². The van der Waals surface area contributed by atoms with Crippen LogP contribution in [0.5, 0.6) is 0 Å². The molecule has 0 aromatic carbocycles. The molecule has 2 rings (SSSR count). The highest BCUT2D eigenvalue weighted by atomic mass is 32.1. The van der Waals surface area contributed by atoms with Crippen LogP contribution in [0, 0.1) is 5.41 Å². The first kappa shape index (κ1) is 14.3. The third kappa shape index (κ3) is 2.92. The van der Waals surface area contributed by atoms with Crippen molar-refractivity contribution in [3.8, 4) is 0 Å². The van der Waals surface area contributed by atoms with E-state index in [2.05, 4.69) is 10.6 Å². The predicted octanol–water partition coefficient (Wildman–Crippen LogP) is 1.95. The van der Waals surface area contributed by atoms with Gasteiger partial charge in [0.25, 0.3) is 0 Å². The number of hydrogen-bond acceptors (Lipinski definition) is 3. The Bertz CT molecular complexity index is 425. The van der Waals surface area contributed by atoms with Gasteiger partial charge in [-0.1, -0.05) is 6.07 Å². The van der Waals surface area contributed by atoms with Gasteiger partial charge < -0.3 is 10.6 Å². The second-order valence-electron chi connectivity index (χ2n) is 4.59. The molecule has 1 amide bonds. The molecule has 1 unspecified atom stereocenters. The van der Waals surface area contributed by atoms with E-state index < -0.39 is 17.5 Å². The summed E-state index contributed by atoms with van der Waals surface area (Å²) in [5.41, 5.74) is -2.26. The minimum atomic E-state index is -4.51. The summed E-state index contributed by atoms with van der Waals surface area (Å²) >= 11 is 1.53. The molecule has 0 saturated carbocycles. The Hall–Kier alpha value is -1.08. The van der Waals surface area contributed by atoms with Crippen molar-refractivity contribution in [1.82, 2.24) is 10.6 Å². The summed E-state index contributed by atoms with van der Waals surface area (Å²) < 4.78 is 39.2. The molecule has 1 fully saturated rings. The quantitative estimate of drug-likeness (QED) is 0.890. The summed E-state index contributed by atoms with van der Waals surface area (Å²) in [7, 11) is 0. The first-order chi connectivity index (χ1) is 8.96. The number of halogens is 3. The van der Waals surface area contributed by atoms with E-state index in [1.54, 1.807) is 0 Å². The maximum atomic E-state index is 13.1. The molecule has 1 aromatic heterocycles. The molecule has 0 bridgehead atoms. The number of hydrogen-bond donors (Lipinski definition) is 2. The highest BCUT2D eigenvalue weighted by Crippen LogP contribution is 2.43. The Kier molecular flexibility index (Phi) is 4.15. The Morgan fingerprint density at radius 2 is 2.32 bits per heavy atom. The molecular formula is C12H15F3N2OS. The van der Waals surface area contributed by atoms with Crippen molar-refractivity contribution in [2.75, 3.05) is 19.6 Å². The van der Waals surface area contributed by atoms with Crippen molar-refractivity contribution in [2.45, 2.75) is 19.0 Å². The van der Waals surface area contributed by atoms with Gasteiger partial charge >= 0.3 is 6.18 Å². The zero-order chi connectivity index (χ0) is 13.9. The Morgan fingerprint density at radius 3 is 2.84 bits per heavy atom. The fourth-order valence-electron chi connectivity index (χ4n) is 2.18. The number of thiophene rings is 1. The molecule has 0 aliphatic carbocycles. The molecule has 2 N–H and O–H groups in total. The van der Waals surface area contributed by atoms with Crippen LogP contribution >= 0.6 is 11.3 Å². The van der Waals surface area contributed by atoms with Gasteiger partial charge in [-0.2, -0.15) is 13.2 Å². The lowest BCUT2D eigenvalue weighted by Crippen LogP contribution is -2.52. The third-order valence-corrected chi connectivity index (χ3v) is 4.31. The van der Waals surface area contributed by atoms with Crippen LogP contribution in [0.2, 0.25) is 0 Å². The third-order valence-electron chi connectivity index (χ3n) is 3.37. The molecule has 1 aliphatic heterocycles. The van der Waals surface area contributed by atoms with Gasteiger partial charge in [0.05, 0.1) is 0 Å². The van der Waals surface area contributed by atoms with Gasteiger partial charge in [-0.25, -0.2) is 0 Å². The van der Waals surface area contributed by atoms with E-state index in [1.165, 1.54) is 11.3 Å². The molecular weight excluding hydrogens is 277 g/mol. The van der Waals surface area contributed by atoms with Crippen LogP contribution in [0.25, 0.3) is 0 Å². The lowest BCUT2D eigenvalue weighted by molar-refractivity contribution is -0.215. The van der Waals surface area contributed by atoms with Crippen LogP contribution in [-0.2, 0) is 11.2 Å². The number of carbonyl (C=O) groups excluding carboxylic acids is 1. The van der Waals surface area contributed by atoms with Gasteiger partial charge in [0, 0.05) is 18.0 Å². The molecule has 106 valence electrons. The summed E-state index contributed by atoms with van der Waals surface area (Å²) in [4.78, 5) is 12.9. The molecule has 1 aromatic rings. The molecule has 1 aliphatic rings. The molecule has 1 saturated heterocycles. The standard InChI is InChI=1S/C12H15F3N2OS/c13-12(14,15)11(4-6-16-8-11)10(18)17-5-3-9-2-1-7-19-9/h1-2,7,16H,3-6,8H2,(H,17,18). The van der Waals surface area contributed by atoms with Gasteiger partial charge in [-0.15, -0.1) is 11.3 Å². The average Bonchev–Trinajstić information content (AvgIpc) is 2.99. The lowest BCUT2D eigenvalue weighted by atomic mass is 9.85. The first-order valence-corrected chi connectivity index (χ1v) is 6.92. The van der Waals surface area contributed by atoms with Crippen LogP contribution in [-0.4, -0.2) is 31.7 Å². The van der Waals surface area contributed by atoms with E-state index in [4.69, 9.17) is 0 Å². The predicted molar refractivity (Wildman–Crippen MR) is 67.0 cm³/mol. The topological polar surface area (TPSA) is 41.1 Å². The van der Waals surface area contributed by atoms with Gasteiger partial charge in [0.15, 0.2) is 5.41 Å². The number of rotatable bonds is 4. The Labute approximate surface area is 113 Å². The Balaban J connectivity index is 1.93. The first-order valence-electron chi connectivity index (χ1n) is 6.04. The highest BCUT2D eigenvalue weighted by Gasteiger charge is 2.61. The van der Waals surface area contributed by atoms with Crippen molar-refractivity contribution >= 4 is 17.2 Å². The van der Waals surface area contributed by atoms with Gasteiger partial charge in [-0.05, 0) is 30.8 Å². The van der Waals surface area contributed by atoms with Gasteiger partial charge in [-0.3, -0.25) is 4.79 Å². The van der Waals surface area contributed by atoms with Crippen molar-refractivity contribution in [1.29, 1.82) is 0 Å². The SMILES string of the molecule is O=C(NCCc1cccs1)C1(C(F)(F)F)CCNC1. The summed E-state index contributed by atoms with van der Waals surface area (Å²) in [6, 6.07) is 3.77. The maximum Gasteiger partial charge on any atom is 0.404 e.